The molecule has 10 heavy (non-hydrogen) atoms. The van der Waals surface area contributed by atoms with Crippen molar-refractivity contribution in [3.8, 4) is 0 Å². The Morgan fingerprint density at radius 1 is 1.40 bits per heavy atom. The van der Waals surface area contributed by atoms with E-state index in [1.807, 2.05) is 0 Å². The van der Waals surface area contributed by atoms with Gasteiger partial charge < -0.3 is 13.8 Å². The van der Waals surface area contributed by atoms with Gasteiger partial charge in [-0.2, -0.15) is 0 Å². The Morgan fingerprint density at radius 2 is 2.10 bits per heavy atom. The molecule has 5 heteroatoms. The van der Waals surface area contributed by atoms with Crippen LogP contribution in [0.3, 0.4) is 0 Å². The first kappa shape index (κ1) is 10.0. The van der Waals surface area contributed by atoms with Gasteiger partial charge in [-0.3, -0.25) is 0 Å². The van der Waals surface area contributed by atoms with Gasteiger partial charge in [-0.15, -0.1) is 0 Å². The minimum atomic E-state index is -2.38. The van der Waals surface area contributed by atoms with Gasteiger partial charge >= 0.3 is 0 Å². The zero-order valence-corrected chi connectivity index (χ0v) is 6.43. The molecule has 0 aliphatic carbocycles. The Kier molecular flexibility index (Phi) is 7.16. The smallest absolute Gasteiger partial charge is 0.0842 e. The van der Waals surface area contributed by atoms with Crippen LogP contribution >= 0.6 is 0 Å². The topological polar surface area (TPSA) is 69.6 Å². The van der Waals surface area contributed by atoms with Crippen LogP contribution in [0, 0.1) is 0 Å². The van der Waals surface area contributed by atoms with Crippen LogP contribution in [0.5, 0.6) is 0 Å². The summed E-state index contributed by atoms with van der Waals surface area (Å²) in [6, 6.07) is 0. The molecular weight excluding hydrogens is 156 g/mol. The van der Waals surface area contributed by atoms with Crippen LogP contribution in [0.4, 0.5) is 0 Å². The number of hydrogen-bond acceptors (Lipinski definition) is 4. The molecule has 0 aromatic heterocycles. The molecule has 0 radical (unpaired) electrons. The van der Waals surface area contributed by atoms with Crippen molar-refractivity contribution in [1.82, 2.24) is 0 Å². The summed E-state index contributed by atoms with van der Waals surface area (Å²) in [4.78, 5) is 0. The Morgan fingerprint density at radius 3 is 2.60 bits per heavy atom. The van der Waals surface area contributed by atoms with Crippen molar-refractivity contribution in [2.45, 2.75) is 19.3 Å². The quantitative estimate of drug-likeness (QED) is 0.445. The fourth-order valence-corrected chi connectivity index (χ4v) is 0.772. The maximum Gasteiger partial charge on any atom is 0.0842 e. The lowest BCUT2D eigenvalue weighted by molar-refractivity contribution is 0.263. The standard InChI is InChI=1S/C5H12O4S/c6-4-2-1-3-5-9-10(7)8/h6H,1-5H2,(H,7,8)/p-1. The van der Waals surface area contributed by atoms with Crippen LogP contribution in [0.1, 0.15) is 19.3 Å². The fraction of sp³-hybridized carbons (Fsp3) is 1.00. The summed E-state index contributed by atoms with van der Waals surface area (Å²) in [5, 5.41) is 8.31. The molecule has 0 bridgehead atoms. The Bertz CT molecular complexity index is 95.6. The third-order valence-corrected chi connectivity index (χ3v) is 1.34. The summed E-state index contributed by atoms with van der Waals surface area (Å²) in [6.07, 6.45) is 2.18. The number of unbranched alkanes of at least 4 members (excludes halogenated alkanes) is 2. The summed E-state index contributed by atoms with van der Waals surface area (Å²) < 4.78 is 23.7. The van der Waals surface area contributed by atoms with E-state index in [0.717, 1.165) is 6.42 Å². The summed E-state index contributed by atoms with van der Waals surface area (Å²) in [5.74, 6) is 0. The number of hydrogen-bond donors (Lipinski definition) is 1. The van der Waals surface area contributed by atoms with Crippen LogP contribution in [-0.4, -0.2) is 27.1 Å². The maximum absolute atomic E-state index is 9.76. The van der Waals surface area contributed by atoms with Crippen LogP contribution in [0.25, 0.3) is 0 Å². The molecule has 0 saturated carbocycles. The monoisotopic (exact) mass is 167 g/mol. The maximum atomic E-state index is 9.76. The first-order chi connectivity index (χ1) is 4.77. The second-order valence-corrected chi connectivity index (χ2v) is 2.45. The second-order valence-electron chi connectivity index (χ2n) is 1.81. The van der Waals surface area contributed by atoms with E-state index in [4.69, 9.17) is 5.11 Å². The molecule has 1 atom stereocenters. The van der Waals surface area contributed by atoms with E-state index in [9.17, 15) is 8.76 Å². The van der Waals surface area contributed by atoms with Crippen molar-refractivity contribution >= 4 is 11.4 Å². The van der Waals surface area contributed by atoms with Gasteiger partial charge in [0.25, 0.3) is 0 Å². The third-order valence-electron chi connectivity index (χ3n) is 0.982. The molecule has 0 spiro atoms. The van der Waals surface area contributed by atoms with Gasteiger partial charge in [0.15, 0.2) is 0 Å². The fourth-order valence-electron chi connectivity index (χ4n) is 0.518. The van der Waals surface area contributed by atoms with E-state index < -0.39 is 11.4 Å². The van der Waals surface area contributed by atoms with Gasteiger partial charge in [0.05, 0.1) is 18.0 Å². The number of aliphatic hydroxyl groups excluding tert-OH is 1. The van der Waals surface area contributed by atoms with Gasteiger partial charge in [0.1, 0.15) is 0 Å². The third kappa shape index (κ3) is 8.03. The van der Waals surface area contributed by atoms with Gasteiger partial charge in [0.2, 0.25) is 0 Å². The molecule has 0 heterocycles. The van der Waals surface area contributed by atoms with E-state index in [0.29, 0.717) is 12.8 Å². The SMILES string of the molecule is O=S([O-])OCCCCCO. The van der Waals surface area contributed by atoms with Crippen molar-refractivity contribution in [3.05, 3.63) is 0 Å². The normalized spacial score (nSPS) is 13.4. The molecule has 1 unspecified atom stereocenters. The van der Waals surface area contributed by atoms with E-state index >= 15 is 0 Å². The second kappa shape index (κ2) is 7.14. The predicted octanol–water partition coefficient (Wildman–Crippen LogP) is -0.0403. The van der Waals surface area contributed by atoms with Crippen molar-refractivity contribution < 1.29 is 18.1 Å². The average molecular weight is 167 g/mol. The Balaban J connectivity index is 2.84. The van der Waals surface area contributed by atoms with Crippen LogP contribution in [0.15, 0.2) is 0 Å². The minimum Gasteiger partial charge on any atom is -0.750 e. The first-order valence-electron chi connectivity index (χ1n) is 3.10. The lowest BCUT2D eigenvalue weighted by Gasteiger charge is -2.03. The zero-order chi connectivity index (χ0) is 7.82. The summed E-state index contributed by atoms with van der Waals surface area (Å²) >= 11 is -2.38. The van der Waals surface area contributed by atoms with Crippen molar-refractivity contribution in [2.75, 3.05) is 13.2 Å². The van der Waals surface area contributed by atoms with E-state index in [1.54, 1.807) is 0 Å². The van der Waals surface area contributed by atoms with Gasteiger partial charge in [-0.05, 0) is 19.3 Å². The highest BCUT2D eigenvalue weighted by Gasteiger charge is 1.87. The van der Waals surface area contributed by atoms with Crippen molar-refractivity contribution in [2.24, 2.45) is 0 Å². The molecule has 0 aliphatic heterocycles. The van der Waals surface area contributed by atoms with E-state index in [-0.39, 0.29) is 13.2 Å². The molecule has 1 N–H and O–H groups in total. The molecular formula is C5H11O4S-. The molecule has 0 aromatic carbocycles. The van der Waals surface area contributed by atoms with E-state index in [1.165, 1.54) is 0 Å². The molecule has 4 nitrogen and oxygen atoms in total. The minimum absolute atomic E-state index is 0.153. The average Bonchev–Trinajstić information content (AvgIpc) is 1.87. The molecule has 0 aromatic rings. The highest BCUT2D eigenvalue weighted by Crippen LogP contribution is 1.94. The first-order valence-corrected chi connectivity index (χ1v) is 4.10. The van der Waals surface area contributed by atoms with E-state index in [2.05, 4.69) is 4.18 Å². The Labute approximate surface area is 62.7 Å². The van der Waals surface area contributed by atoms with Gasteiger partial charge in [0, 0.05) is 6.61 Å². The van der Waals surface area contributed by atoms with Gasteiger partial charge in [-0.1, -0.05) is 0 Å². The van der Waals surface area contributed by atoms with Crippen molar-refractivity contribution in [1.29, 1.82) is 0 Å². The molecule has 0 aliphatic rings. The summed E-state index contributed by atoms with van der Waals surface area (Å²) in [7, 11) is 0. The molecule has 0 fully saturated rings. The molecule has 62 valence electrons. The molecule has 0 amide bonds. The largest absolute Gasteiger partial charge is 0.750 e. The van der Waals surface area contributed by atoms with Crippen LogP contribution in [0.2, 0.25) is 0 Å². The Hall–Kier alpha value is 0.0300. The lowest BCUT2D eigenvalue weighted by atomic mass is 10.2. The van der Waals surface area contributed by atoms with Crippen LogP contribution in [-0.2, 0) is 15.5 Å². The van der Waals surface area contributed by atoms with Gasteiger partial charge in [-0.25, -0.2) is 4.21 Å². The van der Waals surface area contributed by atoms with Crippen LogP contribution < -0.4 is 0 Å². The lowest BCUT2D eigenvalue weighted by Crippen LogP contribution is -1.97. The predicted molar refractivity (Wildman–Crippen MR) is 35.8 cm³/mol. The highest BCUT2D eigenvalue weighted by atomic mass is 32.2. The molecule has 0 saturated heterocycles. The molecule has 0 rings (SSSR count). The summed E-state index contributed by atoms with van der Waals surface area (Å²) in [6.45, 7) is 0.372. The number of aliphatic hydroxyl groups is 1. The zero-order valence-electron chi connectivity index (χ0n) is 5.62. The van der Waals surface area contributed by atoms with Crippen molar-refractivity contribution in [3.63, 3.8) is 0 Å². The highest BCUT2D eigenvalue weighted by molar-refractivity contribution is 7.74. The summed E-state index contributed by atoms with van der Waals surface area (Å²) in [5.41, 5.74) is 0. The number of rotatable bonds is 6.